The Morgan fingerprint density at radius 3 is 2.65 bits per heavy atom. The van der Waals surface area contributed by atoms with Gasteiger partial charge in [-0.25, -0.2) is 9.97 Å². The molecule has 1 saturated carbocycles. The number of hydrogen-bond acceptors (Lipinski definition) is 3. The highest BCUT2D eigenvalue weighted by molar-refractivity contribution is 6.29. The fourth-order valence-electron chi connectivity index (χ4n) is 2.76. The smallest absolute Gasteiger partial charge is 0.163 e. The number of aromatic nitrogens is 2. The van der Waals surface area contributed by atoms with Crippen molar-refractivity contribution in [3.63, 3.8) is 0 Å². The van der Waals surface area contributed by atoms with E-state index in [1.807, 2.05) is 30.3 Å². The zero-order valence-corrected chi connectivity index (χ0v) is 12.3. The van der Waals surface area contributed by atoms with Gasteiger partial charge in [-0.05, 0) is 18.8 Å². The van der Waals surface area contributed by atoms with Crippen molar-refractivity contribution in [1.29, 1.82) is 0 Å². The van der Waals surface area contributed by atoms with Crippen LogP contribution in [0.5, 0.6) is 0 Å². The van der Waals surface area contributed by atoms with Gasteiger partial charge >= 0.3 is 0 Å². The summed E-state index contributed by atoms with van der Waals surface area (Å²) < 4.78 is 0. The van der Waals surface area contributed by atoms with Gasteiger partial charge in [-0.2, -0.15) is 0 Å². The third-order valence-corrected chi connectivity index (χ3v) is 4.12. The Bertz CT molecular complexity index is 586. The van der Waals surface area contributed by atoms with Crippen LogP contribution < -0.4 is 5.32 Å². The molecule has 2 unspecified atom stereocenters. The number of anilines is 1. The number of nitrogens with zero attached hydrogens (tertiary/aromatic N) is 2. The summed E-state index contributed by atoms with van der Waals surface area (Å²) in [5.41, 5.74) is 0.984. The van der Waals surface area contributed by atoms with Crippen LogP contribution in [0.2, 0.25) is 5.15 Å². The number of halogens is 1. The van der Waals surface area contributed by atoms with E-state index in [-0.39, 0.29) is 0 Å². The lowest BCUT2D eigenvalue weighted by Crippen LogP contribution is -2.22. The van der Waals surface area contributed by atoms with Crippen molar-refractivity contribution >= 4 is 17.4 Å². The summed E-state index contributed by atoms with van der Waals surface area (Å²) in [5.74, 6) is 2.18. The zero-order chi connectivity index (χ0) is 13.9. The minimum Gasteiger partial charge on any atom is -0.367 e. The molecule has 1 aliphatic carbocycles. The number of nitrogens with one attached hydrogen (secondary N) is 1. The quantitative estimate of drug-likeness (QED) is 0.851. The molecule has 4 heteroatoms. The van der Waals surface area contributed by atoms with Crippen LogP contribution in [0.25, 0.3) is 11.4 Å². The van der Waals surface area contributed by atoms with E-state index >= 15 is 0 Å². The highest BCUT2D eigenvalue weighted by atomic mass is 35.5. The number of benzene rings is 1. The molecular weight excluding hydrogens is 270 g/mol. The molecule has 0 saturated heterocycles. The highest BCUT2D eigenvalue weighted by Crippen LogP contribution is 2.28. The summed E-state index contributed by atoms with van der Waals surface area (Å²) in [6, 6.07) is 12.2. The molecule has 1 heterocycles. The van der Waals surface area contributed by atoms with E-state index in [0.717, 1.165) is 11.4 Å². The third-order valence-electron chi connectivity index (χ3n) is 3.92. The molecule has 1 aromatic carbocycles. The van der Waals surface area contributed by atoms with E-state index in [9.17, 15) is 0 Å². The summed E-state index contributed by atoms with van der Waals surface area (Å²) in [6.07, 6.45) is 3.76. The molecule has 2 aromatic rings. The standard InChI is InChI=1S/C16H18ClN3/c1-11-6-5-9-13(11)18-15-10-14(17)19-16(20-15)12-7-3-2-4-8-12/h2-4,7-8,10-11,13H,5-6,9H2,1H3,(H,18,19,20). The van der Waals surface area contributed by atoms with E-state index in [4.69, 9.17) is 11.6 Å². The predicted octanol–water partition coefficient (Wildman–Crippen LogP) is 4.40. The molecule has 1 aromatic heterocycles. The van der Waals surface area contributed by atoms with Crippen LogP contribution in [0, 0.1) is 5.92 Å². The van der Waals surface area contributed by atoms with Crippen LogP contribution in [0.15, 0.2) is 36.4 Å². The molecule has 0 radical (unpaired) electrons. The van der Waals surface area contributed by atoms with Gasteiger partial charge in [-0.15, -0.1) is 0 Å². The maximum atomic E-state index is 6.13. The Morgan fingerprint density at radius 1 is 1.15 bits per heavy atom. The first-order chi connectivity index (χ1) is 9.72. The molecule has 0 bridgehead atoms. The summed E-state index contributed by atoms with van der Waals surface area (Å²) >= 11 is 6.13. The summed E-state index contributed by atoms with van der Waals surface area (Å²) in [7, 11) is 0. The zero-order valence-electron chi connectivity index (χ0n) is 11.5. The number of hydrogen-bond donors (Lipinski definition) is 1. The van der Waals surface area contributed by atoms with Crippen LogP contribution in [0.3, 0.4) is 0 Å². The lowest BCUT2D eigenvalue weighted by molar-refractivity contribution is 0.555. The predicted molar refractivity (Wildman–Crippen MR) is 82.9 cm³/mol. The van der Waals surface area contributed by atoms with Gasteiger partial charge < -0.3 is 5.32 Å². The second kappa shape index (κ2) is 5.80. The van der Waals surface area contributed by atoms with Gasteiger partial charge in [0, 0.05) is 17.7 Å². The maximum Gasteiger partial charge on any atom is 0.163 e. The van der Waals surface area contributed by atoms with Crippen LogP contribution in [0.1, 0.15) is 26.2 Å². The van der Waals surface area contributed by atoms with E-state index in [1.54, 1.807) is 6.07 Å². The van der Waals surface area contributed by atoms with E-state index in [2.05, 4.69) is 22.2 Å². The Labute approximate surface area is 124 Å². The Morgan fingerprint density at radius 2 is 1.95 bits per heavy atom. The molecule has 104 valence electrons. The van der Waals surface area contributed by atoms with Gasteiger partial charge in [0.15, 0.2) is 5.82 Å². The van der Waals surface area contributed by atoms with Crippen molar-refractivity contribution in [3.8, 4) is 11.4 Å². The van der Waals surface area contributed by atoms with Crippen molar-refractivity contribution in [1.82, 2.24) is 9.97 Å². The topological polar surface area (TPSA) is 37.8 Å². The van der Waals surface area contributed by atoms with Crippen molar-refractivity contribution in [2.24, 2.45) is 5.92 Å². The monoisotopic (exact) mass is 287 g/mol. The lowest BCUT2D eigenvalue weighted by Gasteiger charge is -2.18. The molecule has 2 atom stereocenters. The first-order valence-corrected chi connectivity index (χ1v) is 7.47. The first-order valence-electron chi connectivity index (χ1n) is 7.09. The van der Waals surface area contributed by atoms with E-state index < -0.39 is 0 Å². The van der Waals surface area contributed by atoms with Crippen molar-refractivity contribution in [2.45, 2.75) is 32.2 Å². The summed E-state index contributed by atoms with van der Waals surface area (Å²) in [6.45, 7) is 2.28. The fourth-order valence-corrected chi connectivity index (χ4v) is 2.94. The van der Waals surface area contributed by atoms with Crippen molar-refractivity contribution in [3.05, 3.63) is 41.6 Å². The van der Waals surface area contributed by atoms with Gasteiger partial charge in [0.1, 0.15) is 11.0 Å². The first kappa shape index (κ1) is 13.4. The molecule has 0 amide bonds. The van der Waals surface area contributed by atoms with Gasteiger partial charge in [-0.1, -0.05) is 55.3 Å². The SMILES string of the molecule is CC1CCCC1Nc1cc(Cl)nc(-c2ccccc2)n1. The second-order valence-corrected chi connectivity index (χ2v) is 5.81. The largest absolute Gasteiger partial charge is 0.367 e. The van der Waals surface area contributed by atoms with Gasteiger partial charge in [0.2, 0.25) is 0 Å². The van der Waals surface area contributed by atoms with Gasteiger partial charge in [0.25, 0.3) is 0 Å². The van der Waals surface area contributed by atoms with Crippen LogP contribution >= 0.6 is 11.6 Å². The minimum atomic E-state index is 0.479. The minimum absolute atomic E-state index is 0.479. The normalized spacial score (nSPS) is 21.9. The van der Waals surface area contributed by atoms with Gasteiger partial charge in [-0.3, -0.25) is 0 Å². The average molecular weight is 288 g/mol. The molecule has 3 rings (SSSR count). The molecule has 1 N–H and O–H groups in total. The third kappa shape index (κ3) is 2.93. The Hall–Kier alpha value is -1.61. The molecule has 20 heavy (non-hydrogen) atoms. The molecule has 3 nitrogen and oxygen atoms in total. The highest BCUT2D eigenvalue weighted by Gasteiger charge is 2.23. The molecule has 0 spiro atoms. The molecule has 1 fully saturated rings. The Balaban J connectivity index is 1.87. The summed E-state index contributed by atoms with van der Waals surface area (Å²) in [4.78, 5) is 8.91. The molecule has 1 aliphatic rings. The molecule has 0 aliphatic heterocycles. The number of rotatable bonds is 3. The molecular formula is C16H18ClN3. The van der Waals surface area contributed by atoms with Crippen molar-refractivity contribution in [2.75, 3.05) is 5.32 Å². The van der Waals surface area contributed by atoms with Crippen LogP contribution in [-0.4, -0.2) is 16.0 Å². The van der Waals surface area contributed by atoms with Crippen LogP contribution in [-0.2, 0) is 0 Å². The second-order valence-electron chi connectivity index (χ2n) is 5.42. The van der Waals surface area contributed by atoms with E-state index in [0.29, 0.717) is 22.9 Å². The Kier molecular flexibility index (Phi) is 3.88. The lowest BCUT2D eigenvalue weighted by atomic mass is 10.1. The summed E-state index contributed by atoms with van der Waals surface area (Å²) in [5, 5.41) is 3.98. The van der Waals surface area contributed by atoms with Crippen molar-refractivity contribution < 1.29 is 0 Å². The average Bonchev–Trinajstić information content (AvgIpc) is 2.85. The fraction of sp³-hybridized carbons (Fsp3) is 0.375. The van der Waals surface area contributed by atoms with E-state index in [1.165, 1.54) is 19.3 Å². The maximum absolute atomic E-state index is 6.13. The van der Waals surface area contributed by atoms with Gasteiger partial charge in [0.05, 0.1) is 0 Å². The van der Waals surface area contributed by atoms with Crippen LogP contribution in [0.4, 0.5) is 5.82 Å².